The topological polar surface area (TPSA) is 72.2 Å². The van der Waals surface area contributed by atoms with Crippen LogP contribution in [0.5, 0.6) is 0 Å². The Morgan fingerprint density at radius 3 is 2.53 bits per heavy atom. The summed E-state index contributed by atoms with van der Waals surface area (Å²) in [6, 6.07) is 2.13. The molecular weight excluding hydrogens is 267 g/mol. The van der Waals surface area contributed by atoms with Gasteiger partial charge in [-0.1, -0.05) is 20.3 Å². The van der Waals surface area contributed by atoms with E-state index < -0.39 is 15.8 Å². The number of nitrogens with two attached hydrogens (primary N) is 1. The van der Waals surface area contributed by atoms with Gasteiger partial charge < -0.3 is 5.73 Å². The van der Waals surface area contributed by atoms with Gasteiger partial charge in [-0.15, -0.1) is 0 Å². The lowest BCUT2D eigenvalue weighted by Crippen LogP contribution is -2.34. The minimum Gasteiger partial charge on any atom is -0.398 e. The number of halogens is 1. The van der Waals surface area contributed by atoms with E-state index in [1.807, 2.05) is 13.8 Å². The molecule has 0 fully saturated rings. The van der Waals surface area contributed by atoms with Crippen molar-refractivity contribution in [1.29, 1.82) is 0 Å². The second-order valence-electron chi connectivity index (χ2n) is 4.65. The quantitative estimate of drug-likeness (QED) is 0.790. The van der Waals surface area contributed by atoms with Crippen molar-refractivity contribution < 1.29 is 12.8 Å². The van der Waals surface area contributed by atoms with Gasteiger partial charge in [0.25, 0.3) is 0 Å². The molecule has 1 atom stereocenters. The van der Waals surface area contributed by atoms with Gasteiger partial charge in [0.05, 0.1) is 0 Å². The maximum absolute atomic E-state index is 13.8. The van der Waals surface area contributed by atoms with Crippen LogP contribution < -0.4 is 10.5 Å². The van der Waals surface area contributed by atoms with E-state index in [2.05, 4.69) is 4.72 Å². The van der Waals surface area contributed by atoms with Gasteiger partial charge in [-0.25, -0.2) is 17.5 Å². The zero-order valence-electron chi connectivity index (χ0n) is 11.5. The molecule has 1 aromatic rings. The summed E-state index contributed by atoms with van der Waals surface area (Å²) in [5.74, 6) is -0.773. The number of benzene rings is 1. The number of nitrogen functional groups attached to an aromatic ring is 1. The van der Waals surface area contributed by atoms with E-state index in [0.717, 1.165) is 18.9 Å². The molecule has 0 bridgehead atoms. The maximum Gasteiger partial charge on any atom is 0.243 e. The lowest BCUT2D eigenvalue weighted by Gasteiger charge is -2.17. The predicted molar refractivity (Wildman–Crippen MR) is 74.9 cm³/mol. The van der Waals surface area contributed by atoms with Gasteiger partial charge in [-0.3, -0.25) is 0 Å². The standard InChI is InChI=1S/C13H21FN2O2S/c1-4-6-10(5-2)16-19(17,18)13-8-12(15)9(3)7-11(13)14/h7-8,10,16H,4-6,15H2,1-3H3. The lowest BCUT2D eigenvalue weighted by atomic mass is 10.1. The molecule has 6 heteroatoms. The summed E-state index contributed by atoms with van der Waals surface area (Å²) in [6.07, 6.45) is 2.24. The molecule has 0 aliphatic rings. The van der Waals surface area contributed by atoms with Crippen LogP contribution >= 0.6 is 0 Å². The third kappa shape index (κ3) is 3.91. The molecule has 1 unspecified atom stereocenters. The molecule has 0 saturated heterocycles. The van der Waals surface area contributed by atoms with Crippen LogP contribution in [0.4, 0.5) is 10.1 Å². The molecule has 4 nitrogen and oxygen atoms in total. The van der Waals surface area contributed by atoms with Crippen LogP contribution in [0.25, 0.3) is 0 Å². The molecule has 0 radical (unpaired) electrons. The van der Waals surface area contributed by atoms with E-state index in [1.165, 1.54) is 6.07 Å². The molecule has 0 saturated carbocycles. The number of aryl methyl sites for hydroxylation is 1. The number of anilines is 1. The summed E-state index contributed by atoms with van der Waals surface area (Å²) in [7, 11) is -3.87. The van der Waals surface area contributed by atoms with Gasteiger partial charge in [0.2, 0.25) is 10.0 Å². The summed E-state index contributed by atoms with van der Waals surface area (Å²) >= 11 is 0. The largest absolute Gasteiger partial charge is 0.398 e. The van der Waals surface area contributed by atoms with Crippen molar-refractivity contribution >= 4 is 15.7 Å². The summed E-state index contributed by atoms with van der Waals surface area (Å²) in [4.78, 5) is -0.384. The minimum atomic E-state index is -3.87. The van der Waals surface area contributed by atoms with Crippen molar-refractivity contribution in [3.05, 3.63) is 23.5 Å². The third-order valence-electron chi connectivity index (χ3n) is 3.06. The van der Waals surface area contributed by atoms with Gasteiger partial charge in [-0.05, 0) is 37.5 Å². The first kappa shape index (κ1) is 15.9. The highest BCUT2D eigenvalue weighted by molar-refractivity contribution is 7.89. The lowest BCUT2D eigenvalue weighted by molar-refractivity contribution is 0.506. The highest BCUT2D eigenvalue weighted by atomic mass is 32.2. The van der Waals surface area contributed by atoms with Crippen LogP contribution in [0.3, 0.4) is 0 Å². The van der Waals surface area contributed by atoms with Crippen molar-refractivity contribution in [2.75, 3.05) is 5.73 Å². The molecule has 0 heterocycles. The Labute approximate surface area is 114 Å². The van der Waals surface area contributed by atoms with Crippen molar-refractivity contribution in [3.8, 4) is 0 Å². The van der Waals surface area contributed by atoms with Crippen LogP contribution in [0.1, 0.15) is 38.7 Å². The van der Waals surface area contributed by atoms with Crippen molar-refractivity contribution in [2.45, 2.75) is 51.0 Å². The monoisotopic (exact) mass is 288 g/mol. The highest BCUT2D eigenvalue weighted by Gasteiger charge is 2.23. The van der Waals surface area contributed by atoms with Crippen LogP contribution in [0.2, 0.25) is 0 Å². The summed E-state index contributed by atoms with van der Waals surface area (Å²) in [5.41, 5.74) is 6.44. The van der Waals surface area contributed by atoms with Crippen LogP contribution in [0, 0.1) is 12.7 Å². The maximum atomic E-state index is 13.8. The fourth-order valence-electron chi connectivity index (χ4n) is 1.85. The molecule has 0 aliphatic heterocycles. The zero-order chi connectivity index (χ0) is 14.6. The molecule has 1 rings (SSSR count). The van der Waals surface area contributed by atoms with Gasteiger partial charge in [0.15, 0.2) is 0 Å². The zero-order valence-corrected chi connectivity index (χ0v) is 12.3. The Morgan fingerprint density at radius 2 is 2.00 bits per heavy atom. The second-order valence-corrected chi connectivity index (χ2v) is 6.34. The highest BCUT2D eigenvalue weighted by Crippen LogP contribution is 2.22. The van der Waals surface area contributed by atoms with Crippen molar-refractivity contribution in [3.63, 3.8) is 0 Å². The second kappa shape index (κ2) is 6.34. The molecule has 0 spiro atoms. The van der Waals surface area contributed by atoms with E-state index in [0.29, 0.717) is 12.0 Å². The predicted octanol–water partition coefficient (Wildman–Crippen LogP) is 2.57. The molecule has 19 heavy (non-hydrogen) atoms. The van der Waals surface area contributed by atoms with Crippen LogP contribution in [-0.2, 0) is 10.0 Å². The van der Waals surface area contributed by atoms with Gasteiger partial charge >= 0.3 is 0 Å². The molecule has 108 valence electrons. The number of hydrogen-bond donors (Lipinski definition) is 2. The van der Waals surface area contributed by atoms with E-state index in [4.69, 9.17) is 5.73 Å². The Hall–Kier alpha value is -1.14. The Bertz CT molecular complexity index is 544. The van der Waals surface area contributed by atoms with Gasteiger partial charge in [0.1, 0.15) is 10.7 Å². The molecule has 0 amide bonds. The smallest absolute Gasteiger partial charge is 0.243 e. The van der Waals surface area contributed by atoms with E-state index >= 15 is 0 Å². The fourth-order valence-corrected chi connectivity index (χ4v) is 3.30. The average molecular weight is 288 g/mol. The summed E-state index contributed by atoms with van der Waals surface area (Å²) < 4.78 is 40.6. The number of nitrogens with one attached hydrogen (secondary N) is 1. The molecular formula is C13H21FN2O2S. The van der Waals surface area contributed by atoms with E-state index in [1.54, 1.807) is 6.92 Å². The number of rotatable bonds is 6. The van der Waals surface area contributed by atoms with E-state index in [-0.39, 0.29) is 16.6 Å². The van der Waals surface area contributed by atoms with Crippen molar-refractivity contribution in [2.24, 2.45) is 0 Å². The third-order valence-corrected chi connectivity index (χ3v) is 4.60. The van der Waals surface area contributed by atoms with E-state index in [9.17, 15) is 12.8 Å². The van der Waals surface area contributed by atoms with Gasteiger partial charge in [-0.2, -0.15) is 0 Å². The number of sulfonamides is 1. The molecule has 0 aromatic heterocycles. The summed E-state index contributed by atoms with van der Waals surface area (Å²) in [6.45, 7) is 5.50. The van der Waals surface area contributed by atoms with Crippen LogP contribution in [-0.4, -0.2) is 14.5 Å². The number of hydrogen-bond acceptors (Lipinski definition) is 3. The normalized spacial score (nSPS) is 13.5. The minimum absolute atomic E-state index is 0.183. The Kier molecular flexibility index (Phi) is 5.31. The Balaban J connectivity index is 3.10. The summed E-state index contributed by atoms with van der Waals surface area (Å²) in [5, 5.41) is 0. The van der Waals surface area contributed by atoms with Gasteiger partial charge in [0, 0.05) is 11.7 Å². The first-order valence-corrected chi connectivity index (χ1v) is 7.88. The Morgan fingerprint density at radius 1 is 1.37 bits per heavy atom. The SMILES string of the molecule is CCCC(CC)NS(=O)(=O)c1cc(N)c(C)cc1F. The molecule has 0 aliphatic carbocycles. The molecule has 3 N–H and O–H groups in total. The first-order chi connectivity index (χ1) is 8.81. The fraction of sp³-hybridized carbons (Fsp3) is 0.538. The van der Waals surface area contributed by atoms with Crippen molar-refractivity contribution in [1.82, 2.24) is 4.72 Å². The average Bonchev–Trinajstić information content (AvgIpc) is 2.32. The van der Waals surface area contributed by atoms with Crippen LogP contribution in [0.15, 0.2) is 17.0 Å². The molecule has 1 aromatic carbocycles. The first-order valence-electron chi connectivity index (χ1n) is 6.39.